The van der Waals surface area contributed by atoms with Crippen LogP contribution < -0.4 is 5.32 Å². The third-order valence-electron chi connectivity index (χ3n) is 3.37. The van der Waals surface area contributed by atoms with Crippen LogP contribution in [0.25, 0.3) is 11.4 Å². The maximum Gasteiger partial charge on any atom is 0.241 e. The molecular formula is C16H21N5O2S. The first-order valence-electron chi connectivity index (χ1n) is 7.61. The van der Waals surface area contributed by atoms with Crippen molar-refractivity contribution in [3.05, 3.63) is 29.8 Å². The highest BCUT2D eigenvalue weighted by atomic mass is 32.2. The van der Waals surface area contributed by atoms with Crippen LogP contribution in [0, 0.1) is 0 Å². The van der Waals surface area contributed by atoms with Crippen LogP contribution in [0.1, 0.15) is 12.5 Å². The molecular weight excluding hydrogens is 326 g/mol. The van der Waals surface area contributed by atoms with Crippen molar-refractivity contribution in [2.45, 2.75) is 18.5 Å². The van der Waals surface area contributed by atoms with Gasteiger partial charge in [-0.2, -0.15) is 0 Å². The van der Waals surface area contributed by atoms with Crippen molar-refractivity contribution < 1.29 is 9.59 Å². The molecule has 0 aliphatic rings. The molecule has 7 nitrogen and oxygen atoms in total. The molecule has 0 radical (unpaired) electrons. The molecule has 1 heterocycles. The molecule has 0 bridgehead atoms. The minimum Gasteiger partial charge on any atom is -0.347 e. The van der Waals surface area contributed by atoms with Crippen molar-refractivity contribution >= 4 is 23.6 Å². The van der Waals surface area contributed by atoms with Crippen molar-refractivity contribution in [2.24, 2.45) is 0 Å². The largest absolute Gasteiger partial charge is 0.347 e. The van der Waals surface area contributed by atoms with Crippen molar-refractivity contribution in [2.75, 3.05) is 26.4 Å². The number of H-pyrrole nitrogens is 1. The number of thioether (sulfide) groups is 1. The maximum absolute atomic E-state index is 11.7. The van der Waals surface area contributed by atoms with Gasteiger partial charge in [-0.25, -0.2) is 4.98 Å². The maximum atomic E-state index is 11.7. The lowest BCUT2D eigenvalue weighted by Gasteiger charge is -2.10. The quantitative estimate of drug-likeness (QED) is 0.738. The molecule has 0 aliphatic heterocycles. The van der Waals surface area contributed by atoms with E-state index in [-0.39, 0.29) is 24.1 Å². The molecule has 8 heteroatoms. The van der Waals surface area contributed by atoms with E-state index in [1.54, 1.807) is 14.1 Å². The fraction of sp³-hybridized carbons (Fsp3) is 0.375. The Labute approximate surface area is 145 Å². The number of likely N-dealkylation sites (N-methyl/N-ethyl adjacent to an activating group) is 1. The van der Waals surface area contributed by atoms with Crippen molar-refractivity contribution in [3.8, 4) is 11.4 Å². The molecule has 1 aromatic heterocycles. The molecule has 0 fully saturated rings. The second-order valence-electron chi connectivity index (χ2n) is 5.37. The van der Waals surface area contributed by atoms with Gasteiger partial charge in [0.25, 0.3) is 0 Å². The lowest BCUT2D eigenvalue weighted by atomic mass is 10.1. The van der Waals surface area contributed by atoms with E-state index in [1.165, 1.54) is 22.2 Å². The molecule has 128 valence electrons. The van der Waals surface area contributed by atoms with Gasteiger partial charge in [-0.3, -0.25) is 14.7 Å². The van der Waals surface area contributed by atoms with Crippen LogP contribution >= 0.6 is 11.8 Å². The molecule has 0 saturated carbocycles. The summed E-state index contributed by atoms with van der Waals surface area (Å²) in [6, 6.07) is 8.10. The van der Waals surface area contributed by atoms with Crippen molar-refractivity contribution in [3.63, 3.8) is 0 Å². The Morgan fingerprint density at radius 3 is 2.58 bits per heavy atom. The SMILES string of the molecule is CCc1ccc(-c2nc(SCC(=O)NCC(=O)N(C)C)n[nH]2)cc1. The second-order valence-corrected chi connectivity index (χ2v) is 6.31. The minimum atomic E-state index is -0.228. The Hall–Kier alpha value is -2.35. The van der Waals surface area contributed by atoms with Crippen molar-refractivity contribution in [1.29, 1.82) is 0 Å². The molecule has 0 spiro atoms. The van der Waals surface area contributed by atoms with Gasteiger partial charge in [-0.15, -0.1) is 5.10 Å². The standard InChI is InChI=1S/C16H21N5O2S/c1-4-11-5-7-12(8-6-11)15-18-16(20-19-15)24-10-13(22)17-9-14(23)21(2)3/h5-8H,4,9-10H2,1-3H3,(H,17,22)(H,18,19,20). The fourth-order valence-corrected chi connectivity index (χ4v) is 2.48. The zero-order valence-corrected chi connectivity index (χ0v) is 14.8. The Morgan fingerprint density at radius 2 is 1.96 bits per heavy atom. The smallest absolute Gasteiger partial charge is 0.241 e. The van der Waals surface area contributed by atoms with Crippen LogP contribution in [-0.4, -0.2) is 58.3 Å². The number of benzene rings is 1. The number of hydrogen-bond donors (Lipinski definition) is 2. The van der Waals surface area contributed by atoms with Gasteiger partial charge >= 0.3 is 0 Å². The number of hydrogen-bond acceptors (Lipinski definition) is 5. The van der Waals surface area contributed by atoms with Gasteiger partial charge in [-0.05, 0) is 12.0 Å². The average molecular weight is 347 g/mol. The van der Waals surface area contributed by atoms with Gasteiger partial charge in [0.2, 0.25) is 17.0 Å². The predicted octanol–water partition coefficient (Wildman–Crippen LogP) is 1.33. The van der Waals surface area contributed by atoms with Gasteiger partial charge in [0.05, 0.1) is 12.3 Å². The molecule has 0 aliphatic carbocycles. The Bertz CT molecular complexity index is 697. The van der Waals surface area contributed by atoms with Crippen molar-refractivity contribution in [1.82, 2.24) is 25.4 Å². The van der Waals surface area contributed by atoms with E-state index in [0.29, 0.717) is 11.0 Å². The minimum absolute atomic E-state index is 0.00455. The van der Waals surface area contributed by atoms with Crippen LogP contribution in [0.15, 0.2) is 29.4 Å². The molecule has 1 aromatic carbocycles. The number of nitrogens with zero attached hydrogens (tertiary/aromatic N) is 3. The first kappa shape index (κ1) is 18.0. The predicted molar refractivity (Wildman–Crippen MR) is 93.6 cm³/mol. The van der Waals surface area contributed by atoms with Crippen LogP contribution in [-0.2, 0) is 16.0 Å². The van der Waals surface area contributed by atoms with Gasteiger partial charge in [0.15, 0.2) is 5.82 Å². The lowest BCUT2D eigenvalue weighted by molar-refractivity contribution is -0.130. The van der Waals surface area contributed by atoms with E-state index >= 15 is 0 Å². The molecule has 0 unspecified atom stereocenters. The zero-order valence-electron chi connectivity index (χ0n) is 14.0. The number of aryl methyl sites for hydroxylation is 1. The number of carbonyl (C=O) groups excluding carboxylic acids is 2. The third-order valence-corrected chi connectivity index (χ3v) is 4.22. The first-order chi connectivity index (χ1) is 11.5. The van der Waals surface area contributed by atoms with Gasteiger partial charge in [0, 0.05) is 19.7 Å². The molecule has 0 saturated heterocycles. The molecule has 24 heavy (non-hydrogen) atoms. The Balaban J connectivity index is 1.85. The highest BCUT2D eigenvalue weighted by Gasteiger charge is 2.10. The Morgan fingerprint density at radius 1 is 1.25 bits per heavy atom. The van der Waals surface area contributed by atoms with E-state index < -0.39 is 0 Å². The summed E-state index contributed by atoms with van der Waals surface area (Å²) in [5, 5.41) is 10.0. The fourth-order valence-electron chi connectivity index (χ4n) is 1.85. The summed E-state index contributed by atoms with van der Waals surface area (Å²) in [7, 11) is 3.29. The summed E-state index contributed by atoms with van der Waals surface area (Å²) in [5.41, 5.74) is 2.21. The van der Waals surface area contributed by atoms with Gasteiger partial charge in [-0.1, -0.05) is 43.0 Å². The summed E-state index contributed by atoms with van der Waals surface area (Å²) in [4.78, 5) is 28.9. The van der Waals surface area contributed by atoms with E-state index in [1.807, 2.05) is 12.1 Å². The van der Waals surface area contributed by atoms with Gasteiger partial charge < -0.3 is 10.2 Å². The Kier molecular flexibility index (Phi) is 6.36. The topological polar surface area (TPSA) is 91.0 Å². The van der Waals surface area contributed by atoms with Crippen LogP contribution in [0.5, 0.6) is 0 Å². The van der Waals surface area contributed by atoms with Gasteiger partial charge in [0.1, 0.15) is 0 Å². The highest BCUT2D eigenvalue weighted by Crippen LogP contribution is 2.19. The molecule has 0 atom stereocenters. The molecule has 2 rings (SSSR count). The number of carbonyl (C=O) groups is 2. The summed E-state index contributed by atoms with van der Waals surface area (Å²) in [6.07, 6.45) is 0.989. The zero-order chi connectivity index (χ0) is 17.5. The van der Waals surface area contributed by atoms with E-state index in [4.69, 9.17) is 0 Å². The number of aromatic amines is 1. The van der Waals surface area contributed by atoms with Crippen LogP contribution in [0.4, 0.5) is 0 Å². The number of nitrogens with one attached hydrogen (secondary N) is 2. The monoisotopic (exact) mass is 347 g/mol. The van der Waals surface area contributed by atoms with Crippen LogP contribution in [0.3, 0.4) is 0 Å². The van der Waals surface area contributed by atoms with Crippen LogP contribution in [0.2, 0.25) is 0 Å². The van der Waals surface area contributed by atoms with E-state index in [0.717, 1.165) is 12.0 Å². The number of rotatable bonds is 7. The third kappa shape index (κ3) is 5.09. The van der Waals surface area contributed by atoms with E-state index in [2.05, 4.69) is 39.6 Å². The second kappa shape index (κ2) is 8.49. The summed E-state index contributed by atoms with van der Waals surface area (Å²) in [6.45, 7) is 2.10. The molecule has 2 aromatic rings. The molecule has 2 amide bonds. The first-order valence-corrected chi connectivity index (χ1v) is 8.59. The summed E-state index contributed by atoms with van der Waals surface area (Å²) in [5.74, 6) is 0.452. The summed E-state index contributed by atoms with van der Waals surface area (Å²) < 4.78 is 0. The average Bonchev–Trinajstić information content (AvgIpc) is 3.06. The lowest BCUT2D eigenvalue weighted by Crippen LogP contribution is -2.36. The number of aromatic nitrogens is 3. The highest BCUT2D eigenvalue weighted by molar-refractivity contribution is 7.99. The number of amides is 2. The van der Waals surface area contributed by atoms with E-state index in [9.17, 15) is 9.59 Å². The normalized spacial score (nSPS) is 10.5. The summed E-state index contributed by atoms with van der Waals surface area (Å²) >= 11 is 1.22. The molecule has 2 N–H and O–H groups in total.